The van der Waals surface area contributed by atoms with Gasteiger partial charge in [-0.3, -0.25) is 0 Å². The Labute approximate surface area is 181 Å². The maximum atomic E-state index is 14.6. The number of aliphatic hydroxyl groups is 1. The summed E-state index contributed by atoms with van der Waals surface area (Å²) in [6, 6.07) is 6.16. The number of aromatic nitrogens is 4. The van der Waals surface area contributed by atoms with Crippen molar-refractivity contribution in [2.24, 2.45) is 0 Å². The fraction of sp³-hybridized carbons (Fsp3) is 0.500. The Balaban J connectivity index is 0.00000218. The summed E-state index contributed by atoms with van der Waals surface area (Å²) in [6.07, 6.45) is 3.01. The number of benzene rings is 1. The van der Waals surface area contributed by atoms with Gasteiger partial charge in [0.25, 0.3) is 0 Å². The van der Waals surface area contributed by atoms with Crippen molar-refractivity contribution in [3.63, 3.8) is 0 Å². The van der Waals surface area contributed by atoms with E-state index < -0.39 is 6.17 Å². The van der Waals surface area contributed by atoms with Crippen molar-refractivity contribution in [1.82, 2.24) is 25.1 Å². The molecule has 2 fully saturated rings. The van der Waals surface area contributed by atoms with E-state index in [1.807, 2.05) is 23.9 Å². The molecule has 1 aromatic carbocycles. The maximum absolute atomic E-state index is 14.6. The molecule has 8 heteroatoms. The van der Waals surface area contributed by atoms with Gasteiger partial charge in [0.2, 0.25) is 0 Å². The number of fused-ring (bicyclic) bond motifs is 1. The number of rotatable bonds is 3. The van der Waals surface area contributed by atoms with Crippen LogP contribution < -0.4 is 5.32 Å². The number of aryl methyl sites for hydroxylation is 2. The fourth-order valence-electron chi connectivity index (χ4n) is 4.68. The van der Waals surface area contributed by atoms with Crippen LogP contribution in [0.15, 0.2) is 24.4 Å². The van der Waals surface area contributed by atoms with Gasteiger partial charge in [0, 0.05) is 35.5 Å². The zero-order chi connectivity index (χ0) is 20.1. The number of aliphatic hydroxyl groups excluding tert-OH is 1. The first-order chi connectivity index (χ1) is 14.0. The Morgan fingerprint density at radius 1 is 1.17 bits per heavy atom. The van der Waals surface area contributed by atoms with E-state index >= 15 is 0 Å². The van der Waals surface area contributed by atoms with Gasteiger partial charge in [0.15, 0.2) is 5.82 Å². The van der Waals surface area contributed by atoms with Gasteiger partial charge < -0.3 is 10.4 Å². The van der Waals surface area contributed by atoms with Gasteiger partial charge in [-0.15, -0.1) is 12.4 Å². The lowest BCUT2D eigenvalue weighted by atomic mass is 9.80. The molecule has 0 spiro atoms. The molecule has 1 saturated carbocycles. The predicted octanol–water partition coefficient (Wildman–Crippen LogP) is 3.51. The average molecular weight is 432 g/mol. The highest BCUT2D eigenvalue weighted by molar-refractivity contribution is 5.85. The predicted molar refractivity (Wildman–Crippen MR) is 116 cm³/mol. The van der Waals surface area contributed by atoms with Crippen LogP contribution in [0.1, 0.15) is 53.7 Å². The Morgan fingerprint density at radius 2 is 1.97 bits per heavy atom. The molecule has 0 bridgehead atoms. The van der Waals surface area contributed by atoms with Crippen LogP contribution in [0.2, 0.25) is 0 Å². The molecule has 0 radical (unpaired) electrons. The van der Waals surface area contributed by atoms with E-state index in [1.54, 1.807) is 0 Å². The SMILES string of the molecule is Cc1nc(-n2ncc3cc(C)c(C4CCNCC4F)cc32)cc([C@H]2C[C@@H](O)C2)n1.Cl. The third kappa shape index (κ3) is 3.70. The lowest BCUT2D eigenvalue weighted by Crippen LogP contribution is -2.36. The van der Waals surface area contributed by atoms with E-state index in [4.69, 9.17) is 0 Å². The van der Waals surface area contributed by atoms with Crippen molar-refractivity contribution in [2.45, 2.75) is 57.2 Å². The summed E-state index contributed by atoms with van der Waals surface area (Å²) in [5.74, 6) is 1.59. The summed E-state index contributed by atoms with van der Waals surface area (Å²) in [5.41, 5.74) is 4.06. The normalized spacial score (nSPS) is 26.3. The molecule has 2 aliphatic rings. The van der Waals surface area contributed by atoms with Crippen LogP contribution in [0.3, 0.4) is 0 Å². The van der Waals surface area contributed by atoms with Crippen LogP contribution in [0, 0.1) is 13.8 Å². The van der Waals surface area contributed by atoms with Crippen molar-refractivity contribution in [2.75, 3.05) is 13.1 Å². The highest BCUT2D eigenvalue weighted by atomic mass is 35.5. The number of nitrogens with zero attached hydrogens (tertiary/aromatic N) is 4. The van der Waals surface area contributed by atoms with Crippen LogP contribution in [-0.2, 0) is 0 Å². The summed E-state index contributed by atoms with van der Waals surface area (Å²) in [6.45, 7) is 5.18. The summed E-state index contributed by atoms with van der Waals surface area (Å²) in [7, 11) is 0. The van der Waals surface area contributed by atoms with Crippen LogP contribution in [0.5, 0.6) is 0 Å². The zero-order valence-corrected chi connectivity index (χ0v) is 18.0. The lowest BCUT2D eigenvalue weighted by molar-refractivity contribution is 0.0731. The number of hydrogen-bond donors (Lipinski definition) is 2. The van der Waals surface area contributed by atoms with Gasteiger partial charge in [0.1, 0.15) is 12.0 Å². The molecule has 2 aromatic heterocycles. The van der Waals surface area contributed by atoms with Crippen molar-refractivity contribution >= 4 is 23.3 Å². The molecule has 1 aliphatic heterocycles. The molecule has 5 rings (SSSR count). The second-order valence-corrected chi connectivity index (χ2v) is 8.46. The standard InChI is InChI=1S/C22H26FN5O.ClH/c1-12-5-15-10-25-28(21(15)8-18(12)17-3-4-24-11-19(17)23)22-9-20(26-13(2)27-22)14-6-16(29)7-14;/h5,8-10,14,16-17,19,24,29H,3-4,6-7,11H2,1-2H3;1H/t14-,16+,17?,19?;. The summed E-state index contributed by atoms with van der Waals surface area (Å²) in [4.78, 5) is 9.18. The number of alkyl halides is 1. The first-order valence-electron chi connectivity index (χ1n) is 10.4. The molecule has 6 nitrogen and oxygen atoms in total. The highest BCUT2D eigenvalue weighted by Gasteiger charge is 2.31. The minimum Gasteiger partial charge on any atom is -0.393 e. The van der Waals surface area contributed by atoms with Crippen molar-refractivity contribution in [3.05, 3.63) is 47.0 Å². The van der Waals surface area contributed by atoms with Crippen LogP contribution in [0.25, 0.3) is 16.7 Å². The largest absolute Gasteiger partial charge is 0.393 e. The second-order valence-electron chi connectivity index (χ2n) is 8.46. The molecule has 2 N–H and O–H groups in total. The molecule has 3 heterocycles. The van der Waals surface area contributed by atoms with Crippen LogP contribution in [0.4, 0.5) is 4.39 Å². The number of piperidine rings is 1. The van der Waals surface area contributed by atoms with E-state index in [0.717, 1.165) is 59.3 Å². The zero-order valence-electron chi connectivity index (χ0n) is 17.2. The van der Waals surface area contributed by atoms with Crippen molar-refractivity contribution < 1.29 is 9.50 Å². The topological polar surface area (TPSA) is 75.9 Å². The number of nitrogens with one attached hydrogen (secondary N) is 1. The first-order valence-corrected chi connectivity index (χ1v) is 10.4. The Hall–Kier alpha value is -2.09. The van der Waals surface area contributed by atoms with Gasteiger partial charge in [-0.05, 0) is 62.9 Å². The van der Waals surface area contributed by atoms with Crippen molar-refractivity contribution in [3.8, 4) is 5.82 Å². The third-order valence-corrected chi connectivity index (χ3v) is 6.36. The van der Waals surface area contributed by atoms with Gasteiger partial charge in [0.05, 0.1) is 17.8 Å². The molecule has 160 valence electrons. The fourth-order valence-corrected chi connectivity index (χ4v) is 4.68. The molecule has 1 saturated heterocycles. The van der Waals surface area contributed by atoms with Gasteiger partial charge in [-0.2, -0.15) is 5.10 Å². The highest BCUT2D eigenvalue weighted by Crippen LogP contribution is 2.37. The Kier molecular flexibility index (Phi) is 5.79. The molecule has 30 heavy (non-hydrogen) atoms. The third-order valence-electron chi connectivity index (χ3n) is 6.36. The van der Waals surface area contributed by atoms with Gasteiger partial charge in [-0.1, -0.05) is 0 Å². The van der Waals surface area contributed by atoms with E-state index in [9.17, 15) is 9.50 Å². The van der Waals surface area contributed by atoms with E-state index in [1.165, 1.54) is 0 Å². The number of halogens is 2. The first kappa shape index (κ1) is 21.2. The monoisotopic (exact) mass is 431 g/mol. The van der Waals surface area contributed by atoms with E-state index in [2.05, 4.69) is 39.4 Å². The molecular weight excluding hydrogens is 405 g/mol. The van der Waals surface area contributed by atoms with Crippen LogP contribution >= 0.6 is 12.4 Å². The quantitative estimate of drug-likeness (QED) is 0.663. The molecule has 1 aliphatic carbocycles. The van der Waals surface area contributed by atoms with E-state index in [-0.39, 0.29) is 30.3 Å². The maximum Gasteiger partial charge on any atom is 0.157 e. The van der Waals surface area contributed by atoms with Crippen molar-refractivity contribution in [1.29, 1.82) is 0 Å². The minimum absolute atomic E-state index is 0. The Morgan fingerprint density at radius 3 is 2.70 bits per heavy atom. The van der Waals surface area contributed by atoms with E-state index in [0.29, 0.717) is 12.4 Å². The Bertz CT molecular complexity index is 1070. The summed E-state index contributed by atoms with van der Waals surface area (Å²) < 4.78 is 16.4. The summed E-state index contributed by atoms with van der Waals surface area (Å²) in [5, 5.41) is 18.4. The molecule has 0 amide bonds. The number of hydrogen-bond acceptors (Lipinski definition) is 5. The second kappa shape index (κ2) is 8.21. The lowest BCUT2D eigenvalue weighted by Gasteiger charge is -2.31. The molecule has 3 aromatic rings. The molecule has 2 unspecified atom stereocenters. The van der Waals surface area contributed by atoms with Gasteiger partial charge >= 0.3 is 0 Å². The van der Waals surface area contributed by atoms with Crippen LogP contribution in [-0.4, -0.2) is 50.2 Å². The molecular formula is C22H27ClFN5O. The summed E-state index contributed by atoms with van der Waals surface area (Å²) >= 11 is 0. The van der Waals surface area contributed by atoms with Gasteiger partial charge in [-0.25, -0.2) is 19.0 Å². The average Bonchev–Trinajstić information content (AvgIpc) is 3.07. The smallest absolute Gasteiger partial charge is 0.157 e. The minimum atomic E-state index is -0.880. The molecule has 2 atom stereocenters.